The van der Waals surface area contributed by atoms with E-state index in [0.29, 0.717) is 18.6 Å². The fourth-order valence-electron chi connectivity index (χ4n) is 2.49. The number of piperidine rings is 1. The average molecular weight is 225 g/mol. The molecule has 1 amide bonds. The summed E-state index contributed by atoms with van der Waals surface area (Å²) in [5.41, 5.74) is 5.97. The summed E-state index contributed by atoms with van der Waals surface area (Å²) in [5, 5.41) is 3.04. The van der Waals surface area contributed by atoms with Gasteiger partial charge < -0.3 is 11.1 Å². The molecule has 2 rings (SSSR count). The molecule has 16 heavy (non-hydrogen) atoms. The maximum Gasteiger partial charge on any atom is 0.234 e. The molecule has 1 saturated heterocycles. The molecule has 0 aromatic heterocycles. The number of nitrogens with one attached hydrogen (secondary N) is 1. The summed E-state index contributed by atoms with van der Waals surface area (Å²) >= 11 is 0. The topological polar surface area (TPSA) is 58.4 Å². The zero-order chi connectivity index (χ0) is 11.5. The lowest BCUT2D eigenvalue weighted by Gasteiger charge is -2.37. The molecule has 1 aliphatic heterocycles. The van der Waals surface area contributed by atoms with Crippen LogP contribution in [0.5, 0.6) is 0 Å². The number of carbonyl (C=O) groups excluding carboxylic acids is 1. The molecule has 1 aliphatic carbocycles. The lowest BCUT2D eigenvalue weighted by Crippen LogP contribution is -2.52. The van der Waals surface area contributed by atoms with Gasteiger partial charge in [0.05, 0.1) is 6.54 Å². The van der Waals surface area contributed by atoms with Crippen molar-refractivity contribution in [3.63, 3.8) is 0 Å². The first-order valence-corrected chi connectivity index (χ1v) is 6.46. The summed E-state index contributed by atoms with van der Waals surface area (Å²) in [7, 11) is 0. The van der Waals surface area contributed by atoms with E-state index in [2.05, 4.69) is 10.2 Å². The number of nitrogens with zero attached hydrogens (tertiary/aromatic N) is 1. The molecule has 4 nitrogen and oxygen atoms in total. The Bertz CT molecular complexity index is 251. The molecule has 92 valence electrons. The molecule has 0 aromatic carbocycles. The highest BCUT2D eigenvalue weighted by atomic mass is 16.2. The molecule has 3 N–H and O–H groups in total. The molecule has 2 unspecified atom stereocenters. The third kappa shape index (κ3) is 3.19. The van der Waals surface area contributed by atoms with Gasteiger partial charge in [-0.25, -0.2) is 0 Å². The van der Waals surface area contributed by atoms with E-state index in [-0.39, 0.29) is 11.9 Å². The van der Waals surface area contributed by atoms with Crippen molar-refractivity contribution in [3.8, 4) is 0 Å². The lowest BCUT2D eigenvalue weighted by atomic mass is 9.97. The average Bonchev–Trinajstić information content (AvgIpc) is 3.02. The van der Waals surface area contributed by atoms with Gasteiger partial charge in [0, 0.05) is 18.1 Å². The van der Waals surface area contributed by atoms with Gasteiger partial charge in [-0.15, -0.1) is 0 Å². The third-order valence-corrected chi connectivity index (χ3v) is 3.56. The van der Waals surface area contributed by atoms with Crippen molar-refractivity contribution < 1.29 is 4.79 Å². The number of nitrogens with two attached hydrogens (primary N) is 1. The number of likely N-dealkylation sites (tertiary alicyclic amines) is 1. The first kappa shape index (κ1) is 11.9. The second kappa shape index (κ2) is 5.15. The highest BCUT2D eigenvalue weighted by molar-refractivity contribution is 5.78. The second-order valence-corrected chi connectivity index (χ2v) is 5.23. The van der Waals surface area contributed by atoms with Crippen LogP contribution in [0.3, 0.4) is 0 Å². The Kier molecular flexibility index (Phi) is 3.82. The number of hydrogen-bond donors (Lipinski definition) is 2. The Balaban J connectivity index is 1.82. The monoisotopic (exact) mass is 225 g/mol. The van der Waals surface area contributed by atoms with Crippen molar-refractivity contribution >= 4 is 5.91 Å². The van der Waals surface area contributed by atoms with E-state index in [1.807, 2.05) is 6.92 Å². The first-order valence-electron chi connectivity index (χ1n) is 6.46. The van der Waals surface area contributed by atoms with Gasteiger partial charge in [0.1, 0.15) is 0 Å². The Labute approximate surface area is 97.6 Å². The molecule has 1 heterocycles. The molecule has 0 bridgehead atoms. The van der Waals surface area contributed by atoms with Gasteiger partial charge in [-0.05, 0) is 39.2 Å². The molecule has 0 spiro atoms. The fourth-order valence-corrected chi connectivity index (χ4v) is 2.49. The van der Waals surface area contributed by atoms with Crippen LogP contribution in [0.15, 0.2) is 0 Å². The predicted molar refractivity (Wildman–Crippen MR) is 64.0 cm³/mol. The van der Waals surface area contributed by atoms with Crippen LogP contribution in [-0.4, -0.2) is 42.0 Å². The zero-order valence-electron chi connectivity index (χ0n) is 10.1. The molecule has 2 aliphatic rings. The fraction of sp³-hybridized carbons (Fsp3) is 0.917. The van der Waals surface area contributed by atoms with Crippen molar-refractivity contribution in [2.45, 2.75) is 57.2 Å². The van der Waals surface area contributed by atoms with Crippen LogP contribution in [0, 0.1) is 0 Å². The quantitative estimate of drug-likeness (QED) is 0.731. The summed E-state index contributed by atoms with van der Waals surface area (Å²) < 4.78 is 0. The first-order chi connectivity index (χ1) is 7.66. The van der Waals surface area contributed by atoms with Crippen molar-refractivity contribution in [1.82, 2.24) is 10.2 Å². The molecular formula is C12H23N3O. The summed E-state index contributed by atoms with van der Waals surface area (Å²) in [6.45, 7) is 3.59. The van der Waals surface area contributed by atoms with E-state index in [1.165, 1.54) is 12.8 Å². The molecule has 0 radical (unpaired) electrons. The van der Waals surface area contributed by atoms with Crippen LogP contribution in [-0.2, 0) is 4.79 Å². The lowest BCUT2D eigenvalue weighted by molar-refractivity contribution is -0.123. The van der Waals surface area contributed by atoms with Gasteiger partial charge in [0.15, 0.2) is 0 Å². The van der Waals surface area contributed by atoms with Crippen LogP contribution in [0.2, 0.25) is 0 Å². The van der Waals surface area contributed by atoms with Crippen LogP contribution in [0.25, 0.3) is 0 Å². The maximum atomic E-state index is 11.7. The van der Waals surface area contributed by atoms with Crippen LogP contribution in [0.1, 0.15) is 39.0 Å². The van der Waals surface area contributed by atoms with Crippen molar-refractivity contribution in [2.24, 2.45) is 5.73 Å². The standard InChI is InChI=1S/C12H23N3O/c1-9(13)11-4-2-3-7-15(11)8-12(16)14-10-5-6-10/h9-11H,2-8,13H2,1H3,(H,14,16). The predicted octanol–water partition coefficient (Wildman–Crippen LogP) is 0.467. The van der Waals surface area contributed by atoms with E-state index >= 15 is 0 Å². The number of rotatable bonds is 4. The molecular weight excluding hydrogens is 202 g/mol. The van der Waals surface area contributed by atoms with Crippen molar-refractivity contribution in [2.75, 3.05) is 13.1 Å². The maximum absolute atomic E-state index is 11.7. The van der Waals surface area contributed by atoms with E-state index in [9.17, 15) is 4.79 Å². The molecule has 1 saturated carbocycles. The molecule has 0 aromatic rings. The minimum atomic E-state index is 0.161. The van der Waals surface area contributed by atoms with Gasteiger partial charge in [-0.3, -0.25) is 9.69 Å². The number of hydrogen-bond acceptors (Lipinski definition) is 3. The summed E-state index contributed by atoms with van der Waals surface area (Å²) in [4.78, 5) is 14.0. The number of amides is 1. The highest BCUT2D eigenvalue weighted by Crippen LogP contribution is 2.20. The minimum absolute atomic E-state index is 0.161. The van der Waals surface area contributed by atoms with Gasteiger partial charge in [-0.2, -0.15) is 0 Å². The minimum Gasteiger partial charge on any atom is -0.352 e. The molecule has 4 heteroatoms. The molecule has 2 atom stereocenters. The van der Waals surface area contributed by atoms with Crippen molar-refractivity contribution in [1.29, 1.82) is 0 Å². The molecule has 2 fully saturated rings. The largest absolute Gasteiger partial charge is 0.352 e. The van der Waals surface area contributed by atoms with Crippen molar-refractivity contribution in [3.05, 3.63) is 0 Å². The highest BCUT2D eigenvalue weighted by Gasteiger charge is 2.29. The summed E-state index contributed by atoms with van der Waals surface area (Å²) in [5.74, 6) is 0.176. The van der Waals surface area contributed by atoms with Gasteiger partial charge in [0.25, 0.3) is 0 Å². The van der Waals surface area contributed by atoms with E-state index in [1.54, 1.807) is 0 Å². The smallest absolute Gasteiger partial charge is 0.234 e. The Morgan fingerprint density at radius 1 is 1.44 bits per heavy atom. The van der Waals surface area contributed by atoms with Crippen LogP contribution < -0.4 is 11.1 Å². The van der Waals surface area contributed by atoms with E-state index < -0.39 is 0 Å². The Morgan fingerprint density at radius 3 is 2.81 bits per heavy atom. The van der Waals surface area contributed by atoms with E-state index in [0.717, 1.165) is 25.8 Å². The third-order valence-electron chi connectivity index (χ3n) is 3.56. The number of carbonyl (C=O) groups is 1. The summed E-state index contributed by atoms with van der Waals surface area (Å²) in [6.07, 6.45) is 5.88. The Hall–Kier alpha value is -0.610. The van der Waals surface area contributed by atoms with Crippen LogP contribution >= 0.6 is 0 Å². The van der Waals surface area contributed by atoms with Crippen LogP contribution in [0.4, 0.5) is 0 Å². The second-order valence-electron chi connectivity index (χ2n) is 5.23. The normalized spacial score (nSPS) is 28.8. The van der Waals surface area contributed by atoms with E-state index in [4.69, 9.17) is 5.73 Å². The van der Waals surface area contributed by atoms with Gasteiger partial charge in [0.2, 0.25) is 5.91 Å². The SMILES string of the molecule is CC(N)C1CCCCN1CC(=O)NC1CC1. The zero-order valence-corrected chi connectivity index (χ0v) is 10.1. The van der Waals surface area contributed by atoms with Gasteiger partial charge >= 0.3 is 0 Å². The summed E-state index contributed by atoms with van der Waals surface area (Å²) in [6, 6.07) is 1.01. The Morgan fingerprint density at radius 2 is 2.19 bits per heavy atom. The van der Waals surface area contributed by atoms with Gasteiger partial charge in [-0.1, -0.05) is 6.42 Å².